The van der Waals surface area contributed by atoms with Gasteiger partial charge in [0.2, 0.25) is 0 Å². The molecule has 3 N–H and O–H groups in total. The van der Waals surface area contributed by atoms with Crippen LogP contribution in [-0.2, 0) is 4.79 Å². The Balaban J connectivity index is 0.00000264. The van der Waals surface area contributed by atoms with E-state index in [9.17, 15) is 4.79 Å². The molecule has 0 radical (unpaired) electrons. The molecular formula is C17H25ClN2O3. The van der Waals surface area contributed by atoms with Gasteiger partial charge in [-0.2, -0.15) is 0 Å². The lowest BCUT2D eigenvalue weighted by Gasteiger charge is -2.34. The molecule has 1 amide bonds. The number of ether oxygens (including phenoxy) is 2. The largest absolute Gasteiger partial charge is 0.497 e. The number of methoxy groups -OCH3 is 1. The van der Waals surface area contributed by atoms with Gasteiger partial charge < -0.3 is 20.5 Å². The third-order valence-corrected chi connectivity index (χ3v) is 4.32. The monoisotopic (exact) mass is 340 g/mol. The minimum atomic E-state index is -0.438. The van der Waals surface area contributed by atoms with Crippen LogP contribution in [0.1, 0.15) is 26.3 Å². The topological polar surface area (TPSA) is 73.6 Å². The molecule has 0 aromatic heterocycles. The number of hydrogen-bond donors (Lipinski definition) is 2. The Kier molecular flexibility index (Phi) is 6.47. The van der Waals surface area contributed by atoms with E-state index in [1.165, 1.54) is 0 Å². The minimum absolute atomic E-state index is 0. The fourth-order valence-corrected chi connectivity index (χ4v) is 2.18. The van der Waals surface area contributed by atoms with E-state index in [-0.39, 0.29) is 30.8 Å². The SMILES string of the molecule is COc1ccc2c(c1)C=C(C(=O)NC(C)(CN)C(C)C)CO2.Cl. The quantitative estimate of drug-likeness (QED) is 0.863. The maximum atomic E-state index is 12.5. The lowest BCUT2D eigenvalue weighted by atomic mass is 9.88. The van der Waals surface area contributed by atoms with Crippen LogP contribution >= 0.6 is 12.4 Å². The summed E-state index contributed by atoms with van der Waals surface area (Å²) in [6.07, 6.45) is 1.84. The van der Waals surface area contributed by atoms with E-state index < -0.39 is 5.54 Å². The van der Waals surface area contributed by atoms with Gasteiger partial charge in [-0.1, -0.05) is 13.8 Å². The third kappa shape index (κ3) is 4.18. The zero-order valence-corrected chi connectivity index (χ0v) is 14.8. The summed E-state index contributed by atoms with van der Waals surface area (Å²) in [5.41, 5.74) is 6.81. The molecule has 0 aliphatic carbocycles. The van der Waals surface area contributed by atoms with Gasteiger partial charge in [-0.3, -0.25) is 4.79 Å². The van der Waals surface area contributed by atoms with E-state index in [0.717, 1.165) is 17.1 Å². The summed E-state index contributed by atoms with van der Waals surface area (Å²) in [4.78, 5) is 12.5. The number of hydrogen-bond acceptors (Lipinski definition) is 4. The molecule has 5 nitrogen and oxygen atoms in total. The summed E-state index contributed by atoms with van der Waals surface area (Å²) in [6, 6.07) is 5.53. The number of carbonyl (C=O) groups is 1. The average Bonchev–Trinajstić information content (AvgIpc) is 2.53. The molecule has 1 aliphatic heterocycles. The second kappa shape index (κ2) is 7.70. The Hall–Kier alpha value is -1.72. The molecular weight excluding hydrogens is 316 g/mol. The Morgan fingerprint density at radius 3 is 2.74 bits per heavy atom. The summed E-state index contributed by atoms with van der Waals surface area (Å²) in [5.74, 6) is 1.58. The maximum absolute atomic E-state index is 12.5. The molecule has 1 aromatic rings. The van der Waals surface area contributed by atoms with Gasteiger partial charge >= 0.3 is 0 Å². The van der Waals surface area contributed by atoms with Crippen LogP contribution in [0, 0.1) is 5.92 Å². The predicted octanol–water partition coefficient (Wildman–Crippen LogP) is 2.38. The van der Waals surface area contributed by atoms with Crippen molar-refractivity contribution >= 4 is 24.4 Å². The van der Waals surface area contributed by atoms with Gasteiger partial charge in [0, 0.05) is 12.1 Å². The first-order chi connectivity index (χ1) is 10.4. The molecule has 1 aliphatic rings. The minimum Gasteiger partial charge on any atom is -0.497 e. The van der Waals surface area contributed by atoms with Gasteiger partial charge in [0.1, 0.15) is 18.1 Å². The number of carbonyl (C=O) groups excluding carboxylic acids is 1. The lowest BCUT2D eigenvalue weighted by molar-refractivity contribution is -0.119. The van der Waals surface area contributed by atoms with E-state index in [1.54, 1.807) is 7.11 Å². The molecule has 6 heteroatoms. The molecule has 0 saturated heterocycles. The molecule has 1 heterocycles. The summed E-state index contributed by atoms with van der Waals surface area (Å²) in [5, 5.41) is 3.03. The molecule has 0 fully saturated rings. The van der Waals surface area contributed by atoms with E-state index in [2.05, 4.69) is 5.32 Å². The second-order valence-corrected chi connectivity index (χ2v) is 6.09. The molecule has 1 atom stereocenters. The number of halogens is 1. The fourth-order valence-electron chi connectivity index (χ4n) is 2.18. The van der Waals surface area contributed by atoms with Gasteiger partial charge in [0.25, 0.3) is 5.91 Å². The molecule has 1 unspecified atom stereocenters. The normalized spacial score (nSPS) is 15.5. The van der Waals surface area contributed by atoms with Crippen molar-refractivity contribution in [1.82, 2.24) is 5.32 Å². The smallest absolute Gasteiger partial charge is 0.251 e. The zero-order chi connectivity index (χ0) is 16.3. The summed E-state index contributed by atoms with van der Waals surface area (Å²) in [7, 11) is 1.61. The van der Waals surface area contributed by atoms with Crippen LogP contribution in [-0.4, -0.2) is 31.7 Å². The van der Waals surface area contributed by atoms with E-state index in [1.807, 2.05) is 45.0 Å². The van der Waals surface area contributed by atoms with E-state index in [4.69, 9.17) is 15.2 Å². The summed E-state index contributed by atoms with van der Waals surface area (Å²) < 4.78 is 10.9. The van der Waals surface area contributed by atoms with Crippen LogP contribution in [0.3, 0.4) is 0 Å². The van der Waals surface area contributed by atoms with Crippen molar-refractivity contribution < 1.29 is 14.3 Å². The van der Waals surface area contributed by atoms with Crippen LogP contribution in [0.15, 0.2) is 23.8 Å². The highest BCUT2D eigenvalue weighted by Crippen LogP contribution is 2.30. The molecule has 1 aromatic carbocycles. The Bertz CT molecular complexity index is 602. The lowest BCUT2D eigenvalue weighted by Crippen LogP contribution is -2.55. The van der Waals surface area contributed by atoms with Crippen molar-refractivity contribution in [2.24, 2.45) is 11.7 Å². The first-order valence-electron chi connectivity index (χ1n) is 7.43. The van der Waals surface area contributed by atoms with Crippen LogP contribution in [0.4, 0.5) is 0 Å². The van der Waals surface area contributed by atoms with Crippen molar-refractivity contribution in [3.63, 3.8) is 0 Å². The van der Waals surface area contributed by atoms with Crippen LogP contribution < -0.4 is 20.5 Å². The van der Waals surface area contributed by atoms with Crippen molar-refractivity contribution in [2.45, 2.75) is 26.3 Å². The van der Waals surface area contributed by atoms with Crippen molar-refractivity contribution in [3.8, 4) is 11.5 Å². The van der Waals surface area contributed by atoms with Crippen molar-refractivity contribution in [2.75, 3.05) is 20.3 Å². The van der Waals surface area contributed by atoms with Crippen LogP contribution in [0.25, 0.3) is 6.08 Å². The number of benzene rings is 1. The maximum Gasteiger partial charge on any atom is 0.251 e. The Labute approximate surface area is 143 Å². The number of rotatable bonds is 5. The van der Waals surface area contributed by atoms with Gasteiger partial charge in [-0.05, 0) is 37.1 Å². The number of fused-ring (bicyclic) bond motifs is 1. The first-order valence-corrected chi connectivity index (χ1v) is 7.43. The number of nitrogens with one attached hydrogen (secondary N) is 1. The van der Waals surface area contributed by atoms with Gasteiger partial charge in [0.15, 0.2) is 0 Å². The molecule has 128 valence electrons. The van der Waals surface area contributed by atoms with Crippen LogP contribution in [0.5, 0.6) is 11.5 Å². The van der Waals surface area contributed by atoms with Gasteiger partial charge in [0.05, 0.1) is 18.2 Å². The summed E-state index contributed by atoms with van der Waals surface area (Å²) in [6.45, 7) is 6.67. The number of nitrogens with two attached hydrogens (primary N) is 1. The number of amides is 1. The second-order valence-electron chi connectivity index (χ2n) is 6.09. The van der Waals surface area contributed by atoms with Gasteiger partial charge in [-0.25, -0.2) is 0 Å². The van der Waals surface area contributed by atoms with Gasteiger partial charge in [-0.15, -0.1) is 12.4 Å². The molecule has 0 spiro atoms. The fraction of sp³-hybridized carbons (Fsp3) is 0.471. The van der Waals surface area contributed by atoms with E-state index in [0.29, 0.717) is 12.1 Å². The van der Waals surface area contributed by atoms with Crippen LogP contribution in [0.2, 0.25) is 0 Å². The highest BCUT2D eigenvalue weighted by atomic mass is 35.5. The van der Waals surface area contributed by atoms with E-state index >= 15 is 0 Å². The van der Waals surface area contributed by atoms with Crippen molar-refractivity contribution in [1.29, 1.82) is 0 Å². The third-order valence-electron chi connectivity index (χ3n) is 4.32. The highest BCUT2D eigenvalue weighted by Gasteiger charge is 2.30. The van der Waals surface area contributed by atoms with Crippen molar-refractivity contribution in [3.05, 3.63) is 29.3 Å². The molecule has 0 bridgehead atoms. The molecule has 23 heavy (non-hydrogen) atoms. The Morgan fingerprint density at radius 1 is 1.48 bits per heavy atom. The summed E-state index contributed by atoms with van der Waals surface area (Å²) >= 11 is 0. The first kappa shape index (κ1) is 19.3. The molecule has 0 saturated carbocycles. The zero-order valence-electron chi connectivity index (χ0n) is 14.0. The predicted molar refractivity (Wildman–Crippen MR) is 94.2 cm³/mol. The standard InChI is InChI=1S/C17H24N2O3.ClH/c1-11(2)17(3,10-18)19-16(20)13-7-12-8-14(21-4)5-6-15(12)22-9-13;/h5-8,11H,9-10,18H2,1-4H3,(H,19,20);1H. The highest BCUT2D eigenvalue weighted by molar-refractivity contribution is 5.99. The average molecular weight is 341 g/mol. The Morgan fingerprint density at radius 2 is 2.17 bits per heavy atom. The molecule has 2 rings (SSSR count).